The van der Waals surface area contributed by atoms with Crippen LogP contribution in [0, 0.1) is 0 Å². The summed E-state index contributed by atoms with van der Waals surface area (Å²) in [6, 6.07) is 8.59. The molecule has 1 heterocycles. The molecule has 0 atom stereocenters. The molecule has 0 bridgehead atoms. The van der Waals surface area contributed by atoms with Crippen molar-refractivity contribution in [1.82, 2.24) is 4.31 Å². The van der Waals surface area contributed by atoms with Crippen LogP contribution in [0.25, 0.3) is 6.08 Å². The largest absolute Gasteiger partial charge is 0.493 e. The average molecular weight is 467 g/mol. The Morgan fingerprint density at radius 3 is 2.09 bits per heavy atom. The maximum atomic E-state index is 12.7. The van der Waals surface area contributed by atoms with Gasteiger partial charge in [0, 0.05) is 18.7 Å². The fourth-order valence-corrected chi connectivity index (χ4v) is 4.86. The molecule has 0 amide bonds. The van der Waals surface area contributed by atoms with Crippen LogP contribution in [-0.4, -0.2) is 52.4 Å². The van der Waals surface area contributed by atoms with E-state index in [4.69, 9.17) is 9.47 Å². The van der Waals surface area contributed by atoms with E-state index in [2.05, 4.69) is 4.74 Å². The van der Waals surface area contributed by atoms with Crippen LogP contribution in [-0.2, 0) is 10.0 Å². The quantitative estimate of drug-likeness (QED) is 0.410. The van der Waals surface area contributed by atoms with Crippen LogP contribution >= 0.6 is 0 Å². The van der Waals surface area contributed by atoms with Gasteiger partial charge < -0.3 is 14.2 Å². The molecule has 32 heavy (non-hydrogen) atoms. The first kappa shape index (κ1) is 23.7. The number of ether oxygens (including phenoxy) is 3. The van der Waals surface area contributed by atoms with Crippen molar-refractivity contribution in [3.63, 3.8) is 0 Å². The molecular weight excluding hydrogens is 444 g/mol. The maximum Gasteiger partial charge on any atom is 0.387 e. The number of rotatable bonds is 9. The SMILES string of the molecule is COc1cc(/C=C/C(=O)c2ccc(S(=O)(=O)N3CCCC3)cc2)cc(OC)c1OC(F)F. The standard InChI is InChI=1S/C22H23F2NO6S/c1-29-19-13-15(14-20(30-2)21(19)31-22(23)24)5-10-18(26)16-6-8-17(9-7-16)32(27,28)25-11-3-4-12-25/h5-10,13-14,22H,3-4,11-12H2,1-2H3/b10-5+. The molecule has 0 unspecified atom stereocenters. The van der Waals surface area contributed by atoms with Crippen LogP contribution in [0.1, 0.15) is 28.8 Å². The van der Waals surface area contributed by atoms with E-state index in [0.29, 0.717) is 24.2 Å². The van der Waals surface area contributed by atoms with Crippen molar-refractivity contribution in [2.45, 2.75) is 24.3 Å². The van der Waals surface area contributed by atoms with Crippen molar-refractivity contribution in [2.75, 3.05) is 27.3 Å². The molecule has 0 saturated carbocycles. The van der Waals surface area contributed by atoms with Crippen molar-refractivity contribution < 1.29 is 36.2 Å². The molecule has 2 aromatic rings. The molecule has 10 heteroatoms. The van der Waals surface area contributed by atoms with Gasteiger partial charge in [-0.25, -0.2) is 8.42 Å². The number of benzene rings is 2. The molecular formula is C22H23F2NO6S. The molecule has 3 rings (SSSR count). The van der Waals surface area contributed by atoms with Gasteiger partial charge in [0.15, 0.2) is 17.3 Å². The Morgan fingerprint density at radius 1 is 1.03 bits per heavy atom. The van der Waals surface area contributed by atoms with Gasteiger partial charge in [0.25, 0.3) is 0 Å². The number of hydrogen-bond acceptors (Lipinski definition) is 6. The molecule has 1 fully saturated rings. The van der Waals surface area contributed by atoms with E-state index in [1.54, 1.807) is 0 Å². The first-order valence-corrected chi connectivity index (χ1v) is 11.2. The van der Waals surface area contributed by atoms with Gasteiger partial charge in [-0.15, -0.1) is 0 Å². The fourth-order valence-electron chi connectivity index (χ4n) is 3.34. The monoisotopic (exact) mass is 467 g/mol. The van der Waals surface area contributed by atoms with Crippen LogP contribution in [0.5, 0.6) is 17.2 Å². The summed E-state index contributed by atoms with van der Waals surface area (Å²) in [6.45, 7) is -2.06. The summed E-state index contributed by atoms with van der Waals surface area (Å²) < 4.78 is 66.6. The zero-order chi connectivity index (χ0) is 23.3. The second-order valence-electron chi connectivity index (χ2n) is 6.97. The number of carbonyl (C=O) groups excluding carboxylic acids is 1. The van der Waals surface area contributed by atoms with E-state index in [-0.39, 0.29) is 27.9 Å². The number of allylic oxidation sites excluding steroid dienone is 1. The van der Waals surface area contributed by atoms with Gasteiger partial charge in [0.1, 0.15) is 0 Å². The molecule has 0 aliphatic carbocycles. The normalized spacial score (nSPS) is 14.8. The summed E-state index contributed by atoms with van der Waals surface area (Å²) in [4.78, 5) is 12.7. The number of methoxy groups -OCH3 is 2. The Bertz CT molecular complexity index is 1070. The summed E-state index contributed by atoms with van der Waals surface area (Å²) >= 11 is 0. The fraction of sp³-hybridized carbons (Fsp3) is 0.318. The molecule has 2 aromatic carbocycles. The molecule has 0 spiro atoms. The van der Waals surface area contributed by atoms with E-state index in [9.17, 15) is 22.0 Å². The Labute approximate surface area is 185 Å². The smallest absolute Gasteiger partial charge is 0.387 e. The first-order chi connectivity index (χ1) is 15.3. The highest BCUT2D eigenvalue weighted by molar-refractivity contribution is 7.89. The minimum absolute atomic E-state index is 0.0215. The van der Waals surface area contributed by atoms with E-state index in [0.717, 1.165) is 12.8 Å². The lowest BCUT2D eigenvalue weighted by molar-refractivity contribution is -0.0526. The highest BCUT2D eigenvalue weighted by atomic mass is 32.2. The van der Waals surface area contributed by atoms with Crippen LogP contribution in [0.4, 0.5) is 8.78 Å². The van der Waals surface area contributed by atoms with Gasteiger partial charge >= 0.3 is 6.61 Å². The van der Waals surface area contributed by atoms with Gasteiger partial charge in [0.05, 0.1) is 19.1 Å². The molecule has 7 nitrogen and oxygen atoms in total. The number of alkyl halides is 2. The van der Waals surface area contributed by atoms with Crippen molar-refractivity contribution in [1.29, 1.82) is 0 Å². The van der Waals surface area contributed by atoms with Gasteiger partial charge in [-0.2, -0.15) is 13.1 Å². The molecule has 172 valence electrons. The number of sulfonamides is 1. The lowest BCUT2D eigenvalue weighted by Gasteiger charge is -2.15. The molecule has 1 saturated heterocycles. The second-order valence-corrected chi connectivity index (χ2v) is 8.90. The Hall–Kier alpha value is -2.98. The van der Waals surface area contributed by atoms with E-state index < -0.39 is 16.6 Å². The number of hydrogen-bond donors (Lipinski definition) is 0. The van der Waals surface area contributed by atoms with Crippen LogP contribution < -0.4 is 14.2 Å². The lowest BCUT2D eigenvalue weighted by Crippen LogP contribution is -2.27. The first-order valence-electron chi connectivity index (χ1n) is 9.79. The maximum absolute atomic E-state index is 12.7. The highest BCUT2D eigenvalue weighted by Crippen LogP contribution is 2.39. The van der Waals surface area contributed by atoms with Gasteiger partial charge in [-0.05, 0) is 60.9 Å². The summed E-state index contributed by atoms with van der Waals surface area (Å²) in [5, 5.41) is 0. The molecule has 0 N–H and O–H groups in total. The summed E-state index contributed by atoms with van der Waals surface area (Å²) in [5.41, 5.74) is 0.764. The zero-order valence-electron chi connectivity index (χ0n) is 17.6. The van der Waals surface area contributed by atoms with Crippen LogP contribution in [0.3, 0.4) is 0 Å². The van der Waals surface area contributed by atoms with Crippen molar-refractivity contribution in [2.24, 2.45) is 0 Å². The van der Waals surface area contributed by atoms with Crippen LogP contribution in [0.15, 0.2) is 47.4 Å². The minimum atomic E-state index is -3.55. The van der Waals surface area contributed by atoms with Crippen molar-refractivity contribution in [3.05, 3.63) is 53.6 Å². The van der Waals surface area contributed by atoms with Crippen molar-refractivity contribution in [3.8, 4) is 17.2 Å². The minimum Gasteiger partial charge on any atom is -0.493 e. The molecule has 1 aliphatic rings. The van der Waals surface area contributed by atoms with E-state index in [1.165, 1.54) is 67.1 Å². The number of nitrogens with zero attached hydrogens (tertiary/aromatic N) is 1. The average Bonchev–Trinajstić information content (AvgIpc) is 3.33. The predicted molar refractivity (Wildman–Crippen MR) is 114 cm³/mol. The Morgan fingerprint density at radius 2 is 1.59 bits per heavy atom. The summed E-state index contributed by atoms with van der Waals surface area (Å²) in [6.07, 6.45) is 4.43. The van der Waals surface area contributed by atoms with E-state index in [1.807, 2.05) is 0 Å². The third kappa shape index (κ3) is 5.25. The molecule has 0 radical (unpaired) electrons. The molecule has 1 aliphatic heterocycles. The Balaban J connectivity index is 1.79. The Kier molecular flexibility index (Phi) is 7.47. The van der Waals surface area contributed by atoms with Gasteiger partial charge in [-0.1, -0.05) is 6.08 Å². The third-order valence-electron chi connectivity index (χ3n) is 4.96. The second kappa shape index (κ2) is 10.1. The van der Waals surface area contributed by atoms with Gasteiger partial charge in [0.2, 0.25) is 15.8 Å². The number of halogens is 2. The molecule has 0 aromatic heterocycles. The topological polar surface area (TPSA) is 82.1 Å². The van der Waals surface area contributed by atoms with Crippen molar-refractivity contribution >= 4 is 21.9 Å². The number of ketones is 1. The van der Waals surface area contributed by atoms with Crippen LogP contribution in [0.2, 0.25) is 0 Å². The van der Waals surface area contributed by atoms with E-state index >= 15 is 0 Å². The predicted octanol–water partition coefficient (Wildman–Crippen LogP) is 3.99. The highest BCUT2D eigenvalue weighted by Gasteiger charge is 2.27. The van der Waals surface area contributed by atoms with Gasteiger partial charge in [-0.3, -0.25) is 4.79 Å². The third-order valence-corrected chi connectivity index (χ3v) is 6.87. The lowest BCUT2D eigenvalue weighted by atomic mass is 10.1. The number of carbonyl (C=O) groups is 1. The summed E-state index contributed by atoms with van der Waals surface area (Å²) in [5.74, 6) is -0.564. The summed E-state index contributed by atoms with van der Waals surface area (Å²) in [7, 11) is -0.963. The zero-order valence-corrected chi connectivity index (χ0v) is 18.4.